The molecule has 0 unspecified atom stereocenters. The Balaban J connectivity index is 1.34. The lowest BCUT2D eigenvalue weighted by Crippen LogP contribution is -2.31. The number of aliphatic hydroxyl groups is 2. The molecule has 0 saturated carbocycles. The normalized spacial score (nSPS) is 14.0. The minimum Gasteiger partial charge on any atom is -0.670 e. The van der Waals surface area contributed by atoms with Crippen molar-refractivity contribution in [3.05, 3.63) is 136 Å². The van der Waals surface area contributed by atoms with E-state index >= 15 is 0 Å². The molecule has 4 N–H and O–H groups in total. The molecule has 0 saturated heterocycles. The standard InChI is InChI=1S/C46H50N2O7/c1-4-32-9-10-33-6-5-7-34(16-19-49)45(33)38(32)25-39-35(11-13-41(51)46(39)55-3)24-37(22-31-15-18-48-28-31)43(53)26-42(52)36(21-30-14-17-47-27-30)20-29-8-12-40(50)44(23-29)54-2/h5-15,17-18,23,27-28,36-37,43,49-51,53H,4,16,19-22,24-26H2,1-3H3/t36-,37-,43+/m0/s1. The maximum absolute atomic E-state index is 14.3. The maximum Gasteiger partial charge on any atom is 0.176 e. The van der Waals surface area contributed by atoms with Crippen LogP contribution in [0.3, 0.4) is 0 Å². The fourth-order valence-corrected chi connectivity index (χ4v) is 7.96. The number of rotatable bonds is 19. The molecule has 5 aromatic rings. The first-order valence-corrected chi connectivity index (χ1v) is 18.9. The number of aromatic nitrogens is 1. The summed E-state index contributed by atoms with van der Waals surface area (Å²) in [4.78, 5) is 22.7. The number of allylic oxidation sites excluding steroid dienone is 1. The number of carbonyl (C=O) groups excluding carboxylic acids is 1. The highest BCUT2D eigenvalue weighted by Gasteiger charge is 2.31. The number of fused-ring (bicyclic) bond motifs is 1. The SMILES string of the molecule is CCc1ccc2cccc(CCO)c2c1Cc1c(C[C@H](Cc2cc[n-]c2)[C@H](O)CC(=O)[C@H](CC2=C[CH+]N=C2)Cc2ccc(O)c(OC)c2)ccc(O)c1OC. The van der Waals surface area contributed by atoms with Gasteiger partial charge in [0.05, 0.1) is 26.4 Å². The van der Waals surface area contributed by atoms with Gasteiger partial charge in [0, 0.05) is 37.4 Å². The van der Waals surface area contributed by atoms with Gasteiger partial charge >= 0.3 is 0 Å². The van der Waals surface area contributed by atoms with Crippen LogP contribution < -0.4 is 14.5 Å². The van der Waals surface area contributed by atoms with Gasteiger partial charge in [-0.15, -0.1) is 4.99 Å². The molecule has 0 amide bonds. The fourth-order valence-electron chi connectivity index (χ4n) is 7.96. The highest BCUT2D eigenvalue weighted by molar-refractivity contribution is 5.90. The predicted octanol–water partition coefficient (Wildman–Crippen LogP) is 7.06. The van der Waals surface area contributed by atoms with Gasteiger partial charge < -0.3 is 34.9 Å². The second-order valence-electron chi connectivity index (χ2n) is 14.3. The summed E-state index contributed by atoms with van der Waals surface area (Å²) < 4.78 is 11.2. The number of aryl methyl sites for hydroxylation is 1. The van der Waals surface area contributed by atoms with E-state index in [2.05, 4.69) is 41.2 Å². The summed E-state index contributed by atoms with van der Waals surface area (Å²) in [7, 11) is 3.04. The van der Waals surface area contributed by atoms with Gasteiger partial charge in [-0.3, -0.25) is 4.79 Å². The minimum absolute atomic E-state index is 0.0248. The topological polar surface area (TPSA) is 143 Å². The summed E-state index contributed by atoms with van der Waals surface area (Å²) in [6.07, 6.45) is 9.62. The van der Waals surface area contributed by atoms with Gasteiger partial charge in [-0.1, -0.05) is 61.0 Å². The Labute approximate surface area is 323 Å². The van der Waals surface area contributed by atoms with Crippen molar-refractivity contribution in [3.63, 3.8) is 0 Å². The second-order valence-corrected chi connectivity index (χ2v) is 14.3. The van der Waals surface area contributed by atoms with Crippen molar-refractivity contribution in [2.24, 2.45) is 16.8 Å². The number of ketones is 1. The van der Waals surface area contributed by atoms with E-state index in [0.29, 0.717) is 50.0 Å². The van der Waals surface area contributed by atoms with Crippen LogP contribution in [-0.4, -0.2) is 59.4 Å². The molecule has 3 atom stereocenters. The van der Waals surface area contributed by atoms with E-state index in [4.69, 9.17) is 9.47 Å². The molecule has 9 nitrogen and oxygen atoms in total. The number of aliphatic hydroxyl groups excluding tert-OH is 2. The van der Waals surface area contributed by atoms with E-state index in [-0.39, 0.29) is 36.2 Å². The molecule has 286 valence electrons. The number of aliphatic imine (C=N–C) groups is 1. The smallest absolute Gasteiger partial charge is 0.176 e. The summed E-state index contributed by atoms with van der Waals surface area (Å²) in [6, 6.07) is 21.0. The van der Waals surface area contributed by atoms with Gasteiger partial charge in [-0.2, -0.15) is 12.4 Å². The fraction of sp³-hybridized carbons (Fsp3) is 0.326. The van der Waals surface area contributed by atoms with Crippen LogP contribution in [0, 0.1) is 18.4 Å². The van der Waals surface area contributed by atoms with Crippen molar-refractivity contribution in [1.29, 1.82) is 0 Å². The number of Topliss-reactive ketones (excluding diaryl/α,β-unsaturated/α-hetero) is 1. The third-order valence-electron chi connectivity index (χ3n) is 10.8. The van der Waals surface area contributed by atoms with Crippen molar-refractivity contribution in [3.8, 4) is 23.0 Å². The van der Waals surface area contributed by atoms with Crippen LogP contribution >= 0.6 is 0 Å². The first-order chi connectivity index (χ1) is 26.7. The molecule has 0 radical (unpaired) electrons. The Hall–Kier alpha value is -5.51. The maximum atomic E-state index is 14.3. The van der Waals surface area contributed by atoms with E-state index in [1.807, 2.05) is 24.3 Å². The van der Waals surface area contributed by atoms with E-state index in [9.17, 15) is 25.2 Å². The highest BCUT2D eigenvalue weighted by Crippen LogP contribution is 2.39. The third kappa shape index (κ3) is 9.24. The van der Waals surface area contributed by atoms with Crippen LogP contribution in [0.2, 0.25) is 0 Å². The number of methoxy groups -OCH3 is 2. The van der Waals surface area contributed by atoms with Gasteiger partial charge in [0.1, 0.15) is 17.9 Å². The molecule has 1 aliphatic rings. The number of nitrogens with zero attached hydrogens (tertiary/aromatic N) is 2. The molecule has 4 aromatic carbocycles. The zero-order valence-electron chi connectivity index (χ0n) is 31.7. The van der Waals surface area contributed by atoms with Crippen molar-refractivity contribution < 1.29 is 34.7 Å². The Morgan fingerprint density at radius 1 is 0.873 bits per heavy atom. The summed E-state index contributed by atoms with van der Waals surface area (Å²) >= 11 is 0. The molecule has 9 heteroatoms. The quantitative estimate of drug-likeness (QED) is 0.0660. The molecular weight excluding hydrogens is 693 g/mol. The molecule has 0 fully saturated rings. The monoisotopic (exact) mass is 742 g/mol. The molecule has 0 aliphatic carbocycles. The summed E-state index contributed by atoms with van der Waals surface area (Å²) in [5.74, 6) is -0.140. The molecule has 2 heterocycles. The summed E-state index contributed by atoms with van der Waals surface area (Å²) in [5.41, 5.74) is 7.77. The number of ether oxygens (including phenoxy) is 2. The molecule has 0 spiro atoms. The molecule has 55 heavy (non-hydrogen) atoms. The first kappa shape index (κ1) is 39.2. The van der Waals surface area contributed by atoms with Crippen molar-refractivity contribution in [1.82, 2.24) is 4.98 Å². The lowest BCUT2D eigenvalue weighted by atomic mass is 9.80. The number of aromatic hydroxyl groups is 2. The van der Waals surface area contributed by atoms with E-state index in [1.165, 1.54) is 7.11 Å². The average Bonchev–Trinajstić information content (AvgIpc) is 3.91. The van der Waals surface area contributed by atoms with Crippen LogP contribution in [0.15, 0.2) is 95.8 Å². The Morgan fingerprint density at radius 2 is 1.69 bits per heavy atom. The van der Waals surface area contributed by atoms with Crippen LogP contribution in [0.4, 0.5) is 0 Å². The number of carbonyl (C=O) groups is 1. The van der Waals surface area contributed by atoms with Crippen LogP contribution in [0.25, 0.3) is 10.8 Å². The van der Waals surface area contributed by atoms with Crippen LogP contribution in [-0.2, 0) is 43.3 Å². The lowest BCUT2D eigenvalue weighted by Gasteiger charge is -2.27. The van der Waals surface area contributed by atoms with E-state index in [0.717, 1.165) is 61.7 Å². The second kappa shape index (κ2) is 18.2. The van der Waals surface area contributed by atoms with Gasteiger partial charge in [-0.25, -0.2) is 0 Å². The number of hydrogen-bond donors (Lipinski definition) is 4. The average molecular weight is 743 g/mol. The zero-order chi connectivity index (χ0) is 38.9. The number of hydrogen-bond acceptors (Lipinski definition) is 8. The third-order valence-corrected chi connectivity index (χ3v) is 10.8. The van der Waals surface area contributed by atoms with E-state index in [1.54, 1.807) is 56.5 Å². The van der Waals surface area contributed by atoms with Gasteiger partial charge in [-0.05, 0) is 94.8 Å². The van der Waals surface area contributed by atoms with Gasteiger partial charge in [0.2, 0.25) is 0 Å². The number of phenolic OH excluding ortho intramolecular Hbond substituents is 2. The van der Waals surface area contributed by atoms with Gasteiger partial charge in [0.25, 0.3) is 0 Å². The Morgan fingerprint density at radius 3 is 2.40 bits per heavy atom. The van der Waals surface area contributed by atoms with Gasteiger partial charge in [0.15, 0.2) is 29.2 Å². The zero-order valence-corrected chi connectivity index (χ0v) is 31.7. The highest BCUT2D eigenvalue weighted by atomic mass is 16.5. The number of benzene rings is 4. The van der Waals surface area contributed by atoms with Crippen LogP contribution in [0.1, 0.15) is 58.7 Å². The van der Waals surface area contributed by atoms with Crippen molar-refractivity contribution in [2.45, 2.75) is 64.4 Å². The lowest BCUT2D eigenvalue weighted by molar-refractivity contribution is -0.125. The Bertz CT molecular complexity index is 2150. The molecule has 0 bridgehead atoms. The van der Waals surface area contributed by atoms with E-state index < -0.39 is 12.0 Å². The first-order valence-electron chi connectivity index (χ1n) is 18.9. The van der Waals surface area contributed by atoms with Crippen molar-refractivity contribution in [2.75, 3.05) is 20.8 Å². The molecule has 1 aromatic heterocycles. The predicted molar refractivity (Wildman–Crippen MR) is 215 cm³/mol. The summed E-state index contributed by atoms with van der Waals surface area (Å²) in [5, 5.41) is 45.5. The number of phenols is 2. The molecular formula is C46H50N2O7. The van der Waals surface area contributed by atoms with Crippen LogP contribution in [0.5, 0.6) is 23.0 Å². The molecule has 1 aliphatic heterocycles. The van der Waals surface area contributed by atoms with Crippen molar-refractivity contribution >= 4 is 22.8 Å². The molecule has 6 rings (SSSR count). The Kier molecular flexibility index (Phi) is 13.0. The summed E-state index contributed by atoms with van der Waals surface area (Å²) in [6.45, 7) is 3.85. The minimum atomic E-state index is -0.996. The largest absolute Gasteiger partial charge is 0.670 e.